The lowest BCUT2D eigenvalue weighted by Gasteiger charge is -2.12. The van der Waals surface area contributed by atoms with Gasteiger partial charge in [0.15, 0.2) is 6.10 Å². The summed E-state index contributed by atoms with van der Waals surface area (Å²) in [7, 11) is 1.31. The van der Waals surface area contributed by atoms with Crippen molar-refractivity contribution in [2.75, 3.05) is 7.11 Å². The fourth-order valence-corrected chi connectivity index (χ4v) is 1.14. The van der Waals surface area contributed by atoms with Crippen molar-refractivity contribution in [3.63, 3.8) is 0 Å². The van der Waals surface area contributed by atoms with Crippen LogP contribution in [0.2, 0.25) is 0 Å². The maximum atomic E-state index is 11.1. The smallest absolute Gasteiger partial charge is 0.346 e. The van der Waals surface area contributed by atoms with Gasteiger partial charge in [-0.1, -0.05) is 12.1 Å². The Balaban J connectivity index is 2.67. The van der Waals surface area contributed by atoms with Crippen molar-refractivity contribution in [1.82, 2.24) is 0 Å². The number of methoxy groups -OCH3 is 1. The van der Waals surface area contributed by atoms with E-state index >= 15 is 0 Å². The van der Waals surface area contributed by atoms with Gasteiger partial charge in [0.2, 0.25) is 0 Å². The van der Waals surface area contributed by atoms with Crippen LogP contribution in [0, 0.1) is 0 Å². The van der Waals surface area contributed by atoms with Crippen molar-refractivity contribution in [1.29, 1.82) is 0 Å². The van der Waals surface area contributed by atoms with Gasteiger partial charge in [-0.3, -0.25) is 0 Å². The molecule has 0 aliphatic rings. The van der Waals surface area contributed by atoms with Gasteiger partial charge in [0, 0.05) is 0 Å². The van der Waals surface area contributed by atoms with Gasteiger partial charge < -0.3 is 14.6 Å². The highest BCUT2D eigenvalue weighted by Gasteiger charge is 2.14. The molecule has 1 aromatic carbocycles. The van der Waals surface area contributed by atoms with Crippen molar-refractivity contribution >= 4 is 5.97 Å². The van der Waals surface area contributed by atoms with Gasteiger partial charge >= 0.3 is 5.97 Å². The van der Waals surface area contributed by atoms with Crippen LogP contribution in [-0.4, -0.2) is 24.3 Å². The zero-order valence-electron chi connectivity index (χ0n) is 8.77. The van der Waals surface area contributed by atoms with Crippen molar-refractivity contribution in [2.45, 2.75) is 19.6 Å². The summed E-state index contributed by atoms with van der Waals surface area (Å²) in [5.41, 5.74) is 0.740. The van der Waals surface area contributed by atoms with Crippen LogP contribution in [0.1, 0.15) is 12.5 Å². The summed E-state index contributed by atoms with van der Waals surface area (Å²) >= 11 is 0. The van der Waals surface area contributed by atoms with Crippen LogP contribution in [0.5, 0.6) is 5.75 Å². The first-order valence-electron chi connectivity index (χ1n) is 4.61. The fourth-order valence-electron chi connectivity index (χ4n) is 1.14. The van der Waals surface area contributed by atoms with Crippen molar-refractivity contribution in [3.05, 3.63) is 29.8 Å². The topological polar surface area (TPSA) is 55.8 Å². The molecule has 4 nitrogen and oxygen atoms in total. The summed E-state index contributed by atoms with van der Waals surface area (Å²) in [4.78, 5) is 11.1. The van der Waals surface area contributed by atoms with E-state index in [-0.39, 0.29) is 6.61 Å². The van der Waals surface area contributed by atoms with Crippen LogP contribution in [0.4, 0.5) is 0 Å². The SMILES string of the molecule is COC(=O)[C@@H](C)Oc1cccc(CO)c1. The summed E-state index contributed by atoms with van der Waals surface area (Å²) in [6, 6.07) is 6.93. The highest BCUT2D eigenvalue weighted by atomic mass is 16.6. The Bertz CT molecular complexity index is 335. The molecule has 0 spiro atoms. The lowest BCUT2D eigenvalue weighted by Crippen LogP contribution is -2.24. The highest BCUT2D eigenvalue weighted by molar-refractivity contribution is 5.74. The van der Waals surface area contributed by atoms with E-state index in [2.05, 4.69) is 4.74 Å². The number of esters is 1. The molecule has 0 aliphatic carbocycles. The predicted molar refractivity (Wildman–Crippen MR) is 54.5 cm³/mol. The molecular weight excluding hydrogens is 196 g/mol. The maximum Gasteiger partial charge on any atom is 0.346 e. The molecule has 1 atom stereocenters. The normalized spacial score (nSPS) is 11.9. The molecule has 0 fully saturated rings. The molecule has 0 radical (unpaired) electrons. The standard InChI is InChI=1S/C11H14O4/c1-8(11(13)14-2)15-10-5-3-4-9(6-10)7-12/h3-6,8,12H,7H2,1-2H3/t8-/m1/s1. The molecule has 0 unspecified atom stereocenters. The second-order valence-corrected chi connectivity index (χ2v) is 3.09. The van der Waals surface area contributed by atoms with E-state index in [0.717, 1.165) is 5.56 Å². The lowest BCUT2D eigenvalue weighted by molar-refractivity contribution is -0.147. The molecule has 0 bridgehead atoms. The zero-order valence-corrected chi connectivity index (χ0v) is 8.77. The van der Waals surface area contributed by atoms with Crippen LogP contribution in [0.15, 0.2) is 24.3 Å². The van der Waals surface area contributed by atoms with Crippen LogP contribution >= 0.6 is 0 Å². The molecular formula is C11H14O4. The Morgan fingerprint density at radius 2 is 2.27 bits per heavy atom. The van der Waals surface area contributed by atoms with Crippen LogP contribution in [0.3, 0.4) is 0 Å². The minimum atomic E-state index is -0.649. The van der Waals surface area contributed by atoms with E-state index in [1.165, 1.54) is 7.11 Å². The quantitative estimate of drug-likeness (QED) is 0.756. The second kappa shape index (κ2) is 5.36. The summed E-state index contributed by atoms with van der Waals surface area (Å²) in [5, 5.41) is 8.90. The zero-order chi connectivity index (χ0) is 11.3. The first kappa shape index (κ1) is 11.5. The van der Waals surface area contributed by atoms with Gasteiger partial charge in [-0.05, 0) is 24.6 Å². The third-order valence-corrected chi connectivity index (χ3v) is 1.93. The molecule has 0 saturated heterocycles. The van der Waals surface area contributed by atoms with E-state index in [4.69, 9.17) is 9.84 Å². The Morgan fingerprint density at radius 3 is 2.87 bits per heavy atom. The number of ether oxygens (including phenoxy) is 2. The van der Waals surface area contributed by atoms with E-state index in [1.54, 1.807) is 31.2 Å². The molecule has 82 valence electrons. The summed E-state index contributed by atoms with van der Waals surface area (Å²) in [5.74, 6) is 0.115. The first-order valence-corrected chi connectivity index (χ1v) is 4.61. The van der Waals surface area contributed by atoms with Crippen molar-refractivity contribution < 1.29 is 19.4 Å². The van der Waals surface area contributed by atoms with Gasteiger partial charge in [-0.2, -0.15) is 0 Å². The van der Waals surface area contributed by atoms with Crippen molar-refractivity contribution in [3.8, 4) is 5.75 Å². The number of hydrogen-bond acceptors (Lipinski definition) is 4. The average molecular weight is 210 g/mol. The summed E-state index contributed by atoms with van der Waals surface area (Å²) < 4.78 is 9.85. The Kier molecular flexibility index (Phi) is 4.12. The van der Waals surface area contributed by atoms with E-state index in [9.17, 15) is 4.79 Å². The van der Waals surface area contributed by atoms with Crippen molar-refractivity contribution in [2.24, 2.45) is 0 Å². The Hall–Kier alpha value is -1.55. The minimum absolute atomic E-state index is 0.0518. The highest BCUT2D eigenvalue weighted by Crippen LogP contribution is 2.15. The van der Waals surface area contributed by atoms with Crippen LogP contribution in [-0.2, 0) is 16.1 Å². The third-order valence-electron chi connectivity index (χ3n) is 1.93. The van der Waals surface area contributed by atoms with Gasteiger partial charge in [-0.15, -0.1) is 0 Å². The number of carbonyl (C=O) groups excluding carboxylic acids is 1. The predicted octanol–water partition coefficient (Wildman–Crippen LogP) is 1.12. The summed E-state index contributed by atoms with van der Waals surface area (Å²) in [6.07, 6.45) is -0.649. The molecule has 0 aromatic heterocycles. The van der Waals surface area contributed by atoms with Gasteiger partial charge in [0.1, 0.15) is 5.75 Å². The summed E-state index contributed by atoms with van der Waals surface area (Å²) in [6.45, 7) is 1.56. The number of aliphatic hydroxyl groups excluding tert-OH is 1. The molecule has 1 rings (SSSR count). The number of carbonyl (C=O) groups is 1. The van der Waals surface area contributed by atoms with E-state index in [0.29, 0.717) is 5.75 Å². The minimum Gasteiger partial charge on any atom is -0.479 e. The van der Waals surface area contributed by atoms with Gasteiger partial charge in [-0.25, -0.2) is 4.79 Å². The Morgan fingerprint density at radius 1 is 1.53 bits per heavy atom. The molecule has 1 aromatic rings. The average Bonchev–Trinajstić information content (AvgIpc) is 2.28. The van der Waals surface area contributed by atoms with E-state index < -0.39 is 12.1 Å². The molecule has 0 amide bonds. The van der Waals surface area contributed by atoms with Gasteiger partial charge in [0.25, 0.3) is 0 Å². The number of aliphatic hydroxyl groups is 1. The molecule has 1 N–H and O–H groups in total. The van der Waals surface area contributed by atoms with Gasteiger partial charge in [0.05, 0.1) is 13.7 Å². The van der Waals surface area contributed by atoms with Crippen LogP contribution in [0.25, 0.3) is 0 Å². The second-order valence-electron chi connectivity index (χ2n) is 3.09. The molecule has 0 saturated carbocycles. The monoisotopic (exact) mass is 210 g/mol. The molecule has 4 heteroatoms. The first-order chi connectivity index (χ1) is 7.17. The number of benzene rings is 1. The largest absolute Gasteiger partial charge is 0.479 e. The number of hydrogen-bond donors (Lipinski definition) is 1. The molecule has 15 heavy (non-hydrogen) atoms. The Labute approximate surface area is 88.4 Å². The molecule has 0 aliphatic heterocycles. The lowest BCUT2D eigenvalue weighted by atomic mass is 10.2. The molecule has 0 heterocycles. The third kappa shape index (κ3) is 3.25. The fraction of sp³-hybridized carbons (Fsp3) is 0.364. The van der Waals surface area contributed by atoms with E-state index in [1.807, 2.05) is 0 Å². The van der Waals surface area contributed by atoms with Crippen LogP contribution < -0.4 is 4.74 Å². The number of rotatable bonds is 4. The maximum absolute atomic E-state index is 11.1.